The summed E-state index contributed by atoms with van der Waals surface area (Å²) >= 11 is 1.54. The van der Waals surface area contributed by atoms with Gasteiger partial charge in [-0.25, -0.2) is 4.99 Å². The zero-order chi connectivity index (χ0) is 10.8. The number of thiophene rings is 1. The lowest BCUT2D eigenvalue weighted by Gasteiger charge is -2.09. The molecule has 0 unspecified atom stereocenters. The van der Waals surface area contributed by atoms with Crippen LogP contribution in [-0.2, 0) is 12.8 Å². The number of nitriles is 1. The van der Waals surface area contributed by atoms with Crippen LogP contribution in [0.5, 0.6) is 0 Å². The van der Waals surface area contributed by atoms with E-state index in [1.54, 1.807) is 11.3 Å². The number of aryl methyl sites for hydroxylation is 1. The van der Waals surface area contributed by atoms with Gasteiger partial charge in [-0.05, 0) is 31.2 Å². The molecule has 0 aliphatic heterocycles. The van der Waals surface area contributed by atoms with E-state index in [-0.39, 0.29) is 18.4 Å². The third-order valence-electron chi connectivity index (χ3n) is 2.50. The lowest BCUT2D eigenvalue weighted by Crippen LogP contribution is -2.21. The largest absolute Gasteiger partial charge is 0.370 e. The Morgan fingerprint density at radius 1 is 1.31 bits per heavy atom. The predicted octanol–water partition coefficient (Wildman–Crippen LogP) is 1.83. The molecule has 4 N–H and O–H groups in total. The molecule has 0 atom stereocenters. The van der Waals surface area contributed by atoms with Gasteiger partial charge in [0.1, 0.15) is 11.1 Å². The molecule has 0 aromatic carbocycles. The van der Waals surface area contributed by atoms with Gasteiger partial charge in [0.05, 0.1) is 5.56 Å². The van der Waals surface area contributed by atoms with Crippen molar-refractivity contribution in [3.8, 4) is 6.07 Å². The highest BCUT2D eigenvalue weighted by atomic mass is 35.5. The van der Waals surface area contributed by atoms with Crippen molar-refractivity contribution in [2.75, 3.05) is 0 Å². The second-order valence-electron chi connectivity index (χ2n) is 3.54. The maximum atomic E-state index is 9.08. The molecule has 0 radical (unpaired) electrons. The molecule has 0 saturated heterocycles. The summed E-state index contributed by atoms with van der Waals surface area (Å²) in [4.78, 5) is 5.28. The number of fused-ring (bicyclic) bond motifs is 1. The first-order valence-electron chi connectivity index (χ1n) is 4.86. The number of guanidine groups is 1. The molecule has 1 aromatic rings. The Morgan fingerprint density at radius 2 is 2.00 bits per heavy atom. The van der Waals surface area contributed by atoms with E-state index in [0.717, 1.165) is 24.8 Å². The van der Waals surface area contributed by atoms with E-state index in [1.807, 2.05) is 0 Å². The lowest BCUT2D eigenvalue weighted by molar-refractivity contribution is 0.696. The van der Waals surface area contributed by atoms with Gasteiger partial charge in [0, 0.05) is 4.88 Å². The minimum Gasteiger partial charge on any atom is -0.370 e. The average molecular weight is 257 g/mol. The monoisotopic (exact) mass is 256 g/mol. The summed E-state index contributed by atoms with van der Waals surface area (Å²) in [6.07, 6.45) is 4.38. The molecule has 1 aliphatic carbocycles. The van der Waals surface area contributed by atoms with Crippen molar-refractivity contribution in [3.05, 3.63) is 16.0 Å². The first-order valence-corrected chi connectivity index (χ1v) is 5.68. The number of hydrogen-bond acceptors (Lipinski definition) is 3. The van der Waals surface area contributed by atoms with Gasteiger partial charge in [0.2, 0.25) is 0 Å². The number of nitrogens with two attached hydrogens (primary N) is 2. The van der Waals surface area contributed by atoms with Gasteiger partial charge in [-0.15, -0.1) is 23.7 Å². The van der Waals surface area contributed by atoms with Crippen molar-refractivity contribution in [1.29, 1.82) is 5.26 Å². The summed E-state index contributed by atoms with van der Waals surface area (Å²) in [5.41, 5.74) is 12.5. The fraction of sp³-hybridized carbons (Fsp3) is 0.400. The molecule has 0 spiro atoms. The van der Waals surface area contributed by atoms with Gasteiger partial charge in [0.15, 0.2) is 5.96 Å². The van der Waals surface area contributed by atoms with Gasteiger partial charge in [-0.3, -0.25) is 0 Å². The minimum absolute atomic E-state index is 0. The molecule has 6 heteroatoms. The molecule has 16 heavy (non-hydrogen) atoms. The van der Waals surface area contributed by atoms with E-state index < -0.39 is 0 Å². The summed E-state index contributed by atoms with van der Waals surface area (Å²) in [6.45, 7) is 0. The van der Waals surface area contributed by atoms with Crippen LogP contribution in [0.1, 0.15) is 28.8 Å². The fourth-order valence-electron chi connectivity index (χ4n) is 1.86. The number of rotatable bonds is 1. The Bertz CT molecular complexity index is 454. The van der Waals surface area contributed by atoms with Gasteiger partial charge >= 0.3 is 0 Å². The highest BCUT2D eigenvalue weighted by molar-refractivity contribution is 7.16. The third kappa shape index (κ3) is 2.29. The molecule has 1 aliphatic rings. The first-order chi connectivity index (χ1) is 7.22. The summed E-state index contributed by atoms with van der Waals surface area (Å²) in [6, 6.07) is 2.20. The molecule has 1 heterocycles. The Hall–Kier alpha value is -1.25. The standard InChI is InChI=1S/C10H12N4S.ClH/c11-5-7-6-3-1-2-4-8(6)15-9(7)14-10(12)13;/h1-4H2,(H4,12,13,14);1H. The quantitative estimate of drug-likeness (QED) is 0.593. The van der Waals surface area contributed by atoms with E-state index >= 15 is 0 Å². The summed E-state index contributed by atoms with van der Waals surface area (Å²) in [5.74, 6) is 0.0186. The third-order valence-corrected chi connectivity index (χ3v) is 3.68. The van der Waals surface area contributed by atoms with Crippen LogP contribution in [-0.4, -0.2) is 5.96 Å². The Kier molecular flexibility index (Phi) is 4.16. The van der Waals surface area contributed by atoms with Gasteiger partial charge in [0.25, 0.3) is 0 Å². The molecule has 2 rings (SSSR count). The van der Waals surface area contributed by atoms with Crippen molar-refractivity contribution >= 4 is 34.7 Å². The predicted molar refractivity (Wildman–Crippen MR) is 68.4 cm³/mol. The molecule has 86 valence electrons. The Balaban J connectivity index is 0.00000128. The lowest BCUT2D eigenvalue weighted by atomic mass is 9.96. The van der Waals surface area contributed by atoms with Crippen LogP contribution in [0.2, 0.25) is 0 Å². The van der Waals surface area contributed by atoms with Crippen molar-refractivity contribution in [2.45, 2.75) is 25.7 Å². The number of hydrogen-bond donors (Lipinski definition) is 2. The van der Waals surface area contributed by atoms with E-state index in [2.05, 4.69) is 11.1 Å². The summed E-state index contributed by atoms with van der Waals surface area (Å²) < 4.78 is 0. The van der Waals surface area contributed by atoms with Crippen molar-refractivity contribution < 1.29 is 0 Å². The fourth-order valence-corrected chi connectivity index (χ4v) is 3.09. The van der Waals surface area contributed by atoms with Crippen LogP contribution in [0.25, 0.3) is 0 Å². The molecule has 0 fully saturated rings. The van der Waals surface area contributed by atoms with E-state index in [9.17, 15) is 0 Å². The molecule has 1 aromatic heterocycles. The average Bonchev–Trinajstić information content (AvgIpc) is 2.53. The van der Waals surface area contributed by atoms with Crippen molar-refractivity contribution in [3.63, 3.8) is 0 Å². The summed E-state index contributed by atoms with van der Waals surface area (Å²) in [5, 5.41) is 9.75. The van der Waals surface area contributed by atoms with Crippen LogP contribution < -0.4 is 11.5 Å². The smallest absolute Gasteiger partial charge is 0.192 e. The number of nitrogens with zero attached hydrogens (tertiary/aromatic N) is 2. The molecular weight excluding hydrogens is 244 g/mol. The van der Waals surface area contributed by atoms with Crippen LogP contribution in [0.4, 0.5) is 5.00 Å². The van der Waals surface area contributed by atoms with E-state index in [1.165, 1.54) is 11.3 Å². The normalized spacial score (nSPS) is 13.2. The highest BCUT2D eigenvalue weighted by Crippen LogP contribution is 2.39. The van der Waals surface area contributed by atoms with Gasteiger partial charge in [-0.2, -0.15) is 5.26 Å². The zero-order valence-electron chi connectivity index (χ0n) is 8.69. The SMILES string of the molecule is Cl.N#Cc1c(N=C(N)N)sc2c1CCCC2. The maximum Gasteiger partial charge on any atom is 0.192 e. The number of halogens is 1. The highest BCUT2D eigenvalue weighted by Gasteiger charge is 2.20. The Morgan fingerprint density at radius 3 is 2.62 bits per heavy atom. The van der Waals surface area contributed by atoms with Gasteiger partial charge in [-0.1, -0.05) is 0 Å². The van der Waals surface area contributed by atoms with Crippen molar-refractivity contribution in [2.24, 2.45) is 16.5 Å². The topological polar surface area (TPSA) is 88.2 Å². The Labute approximate surface area is 104 Å². The van der Waals surface area contributed by atoms with Crippen molar-refractivity contribution in [1.82, 2.24) is 0 Å². The van der Waals surface area contributed by atoms with E-state index in [0.29, 0.717) is 10.6 Å². The molecule has 0 amide bonds. The second-order valence-corrected chi connectivity index (χ2v) is 4.62. The second kappa shape index (κ2) is 5.19. The van der Waals surface area contributed by atoms with Crippen LogP contribution in [0.3, 0.4) is 0 Å². The zero-order valence-corrected chi connectivity index (χ0v) is 10.3. The van der Waals surface area contributed by atoms with Crippen LogP contribution >= 0.6 is 23.7 Å². The molecule has 0 bridgehead atoms. The minimum atomic E-state index is 0. The van der Waals surface area contributed by atoms with Crippen LogP contribution in [0.15, 0.2) is 4.99 Å². The maximum absolute atomic E-state index is 9.08. The molecule has 4 nitrogen and oxygen atoms in total. The summed E-state index contributed by atoms with van der Waals surface area (Å²) in [7, 11) is 0. The number of aliphatic imine (C=N–C) groups is 1. The first kappa shape index (κ1) is 12.8. The molecule has 0 saturated carbocycles. The van der Waals surface area contributed by atoms with E-state index in [4.69, 9.17) is 16.7 Å². The molecular formula is C10H13ClN4S. The van der Waals surface area contributed by atoms with Crippen LogP contribution in [0, 0.1) is 11.3 Å². The van der Waals surface area contributed by atoms with Gasteiger partial charge < -0.3 is 11.5 Å².